The zero-order chi connectivity index (χ0) is 20.1. The number of nitrogens with one attached hydrogen (secondary N) is 1. The number of carbonyl (C=O) groups excluding carboxylic acids is 3. The number of amides is 2. The predicted molar refractivity (Wildman–Crippen MR) is 106 cm³/mol. The van der Waals surface area contributed by atoms with Gasteiger partial charge in [-0.1, -0.05) is 36.4 Å². The Bertz CT molecular complexity index is 876. The molecule has 0 unspecified atom stereocenters. The summed E-state index contributed by atoms with van der Waals surface area (Å²) in [5, 5.41) is 2.67. The summed E-state index contributed by atoms with van der Waals surface area (Å²) in [6.45, 7) is 4.22. The van der Waals surface area contributed by atoms with Crippen molar-refractivity contribution in [2.45, 2.75) is 39.3 Å². The first-order valence-electron chi connectivity index (χ1n) is 9.34. The van der Waals surface area contributed by atoms with Crippen molar-refractivity contribution in [3.05, 3.63) is 65.2 Å². The van der Waals surface area contributed by atoms with Crippen molar-refractivity contribution in [3.8, 4) is 0 Å². The van der Waals surface area contributed by atoms with Gasteiger partial charge in [0.15, 0.2) is 6.10 Å². The van der Waals surface area contributed by atoms with E-state index in [1.807, 2.05) is 18.2 Å². The van der Waals surface area contributed by atoms with E-state index in [-0.39, 0.29) is 18.2 Å². The summed E-state index contributed by atoms with van der Waals surface area (Å²) >= 11 is 0. The molecule has 0 aliphatic carbocycles. The van der Waals surface area contributed by atoms with E-state index in [1.165, 1.54) is 12.5 Å². The largest absolute Gasteiger partial charge is 0.452 e. The molecule has 6 heteroatoms. The molecule has 6 nitrogen and oxygen atoms in total. The number of hydrogen-bond acceptors (Lipinski definition) is 4. The first-order chi connectivity index (χ1) is 13.4. The number of fused-ring (bicyclic) bond motifs is 1. The van der Waals surface area contributed by atoms with Gasteiger partial charge in [-0.15, -0.1) is 0 Å². The van der Waals surface area contributed by atoms with Gasteiger partial charge in [0.1, 0.15) is 0 Å². The average Bonchev–Trinajstić information content (AvgIpc) is 2.68. The molecule has 2 amide bonds. The minimum absolute atomic E-state index is 0.0702. The third-order valence-electron chi connectivity index (χ3n) is 4.72. The van der Waals surface area contributed by atoms with Crippen molar-refractivity contribution in [1.29, 1.82) is 0 Å². The highest BCUT2D eigenvalue weighted by Gasteiger charge is 2.26. The molecule has 146 valence electrons. The number of carbonyl (C=O) groups is 3. The number of ether oxygens (including phenoxy) is 1. The van der Waals surface area contributed by atoms with Gasteiger partial charge in [-0.25, -0.2) is 0 Å². The van der Waals surface area contributed by atoms with Crippen LogP contribution >= 0.6 is 0 Å². The lowest BCUT2D eigenvalue weighted by Crippen LogP contribution is -2.42. The van der Waals surface area contributed by atoms with E-state index in [1.54, 1.807) is 36.1 Å². The summed E-state index contributed by atoms with van der Waals surface area (Å²) in [6, 6.07) is 15.0. The van der Waals surface area contributed by atoms with Crippen molar-refractivity contribution >= 4 is 23.5 Å². The van der Waals surface area contributed by atoms with Crippen molar-refractivity contribution < 1.29 is 19.1 Å². The van der Waals surface area contributed by atoms with Crippen LogP contribution in [0.4, 0.5) is 5.69 Å². The quantitative estimate of drug-likeness (QED) is 0.810. The molecule has 1 aliphatic heterocycles. The van der Waals surface area contributed by atoms with E-state index in [4.69, 9.17) is 4.74 Å². The van der Waals surface area contributed by atoms with E-state index in [9.17, 15) is 14.4 Å². The van der Waals surface area contributed by atoms with Gasteiger partial charge in [0.25, 0.3) is 5.91 Å². The van der Waals surface area contributed by atoms with Crippen molar-refractivity contribution in [1.82, 2.24) is 4.90 Å². The second kappa shape index (κ2) is 8.69. The molecule has 2 aromatic carbocycles. The summed E-state index contributed by atoms with van der Waals surface area (Å²) in [5.74, 6) is -0.783. The van der Waals surface area contributed by atoms with Crippen molar-refractivity contribution in [2.24, 2.45) is 0 Å². The van der Waals surface area contributed by atoms with Gasteiger partial charge in [-0.3, -0.25) is 14.4 Å². The number of anilines is 1. The molecule has 0 bridgehead atoms. The molecule has 0 aromatic heterocycles. The number of benzene rings is 2. The predicted octanol–water partition coefficient (Wildman–Crippen LogP) is 2.70. The molecule has 1 heterocycles. The lowest BCUT2D eigenvalue weighted by atomic mass is 9.99. The van der Waals surface area contributed by atoms with Crippen LogP contribution in [0.25, 0.3) is 0 Å². The number of nitrogens with zero attached hydrogens (tertiary/aromatic N) is 1. The monoisotopic (exact) mass is 380 g/mol. The van der Waals surface area contributed by atoms with E-state index < -0.39 is 12.1 Å². The van der Waals surface area contributed by atoms with Crippen LogP contribution in [0.2, 0.25) is 0 Å². The second-order valence-corrected chi connectivity index (χ2v) is 6.97. The van der Waals surface area contributed by atoms with Gasteiger partial charge in [0.05, 0.1) is 6.42 Å². The first kappa shape index (κ1) is 19.6. The van der Waals surface area contributed by atoms with Gasteiger partial charge in [0, 0.05) is 25.7 Å². The van der Waals surface area contributed by atoms with Crippen LogP contribution in [0.3, 0.4) is 0 Å². The van der Waals surface area contributed by atoms with Gasteiger partial charge in [0.2, 0.25) is 5.91 Å². The first-order valence-corrected chi connectivity index (χ1v) is 9.34. The highest BCUT2D eigenvalue weighted by atomic mass is 16.5. The average molecular weight is 380 g/mol. The Morgan fingerprint density at radius 1 is 1.07 bits per heavy atom. The van der Waals surface area contributed by atoms with Crippen LogP contribution in [0.5, 0.6) is 0 Å². The third-order valence-corrected chi connectivity index (χ3v) is 4.72. The van der Waals surface area contributed by atoms with Crippen molar-refractivity contribution in [3.63, 3.8) is 0 Å². The SMILES string of the molecule is CC(=O)Nc1ccc(CC(=O)O[C@@H](C)C(=O)N2CCc3ccccc3C2)cc1. The molecule has 1 atom stereocenters. The molecule has 1 aliphatic rings. The maximum atomic E-state index is 12.7. The van der Waals surface area contributed by atoms with Crippen LogP contribution in [-0.2, 0) is 38.5 Å². The van der Waals surface area contributed by atoms with Crippen LogP contribution in [-0.4, -0.2) is 35.3 Å². The summed E-state index contributed by atoms with van der Waals surface area (Å²) in [5.41, 5.74) is 3.82. The Kier molecular flexibility index (Phi) is 6.09. The molecule has 0 radical (unpaired) electrons. The van der Waals surface area contributed by atoms with Crippen molar-refractivity contribution in [2.75, 3.05) is 11.9 Å². The Labute approximate surface area is 164 Å². The molecule has 0 spiro atoms. The second-order valence-electron chi connectivity index (χ2n) is 6.97. The number of esters is 1. The fourth-order valence-corrected chi connectivity index (χ4v) is 3.31. The Morgan fingerprint density at radius 2 is 1.75 bits per heavy atom. The molecule has 0 saturated heterocycles. The highest BCUT2D eigenvalue weighted by molar-refractivity contribution is 5.88. The van der Waals surface area contributed by atoms with Crippen LogP contribution in [0.1, 0.15) is 30.5 Å². The smallest absolute Gasteiger partial charge is 0.311 e. The Balaban J connectivity index is 1.52. The molecule has 1 N–H and O–H groups in total. The molecule has 2 aromatic rings. The summed E-state index contributed by atoms with van der Waals surface area (Å²) in [4.78, 5) is 37.6. The van der Waals surface area contributed by atoms with E-state index >= 15 is 0 Å². The molecule has 0 fully saturated rings. The summed E-state index contributed by atoms with van der Waals surface area (Å²) in [7, 11) is 0. The van der Waals surface area contributed by atoms with E-state index in [2.05, 4.69) is 11.4 Å². The van der Waals surface area contributed by atoms with Gasteiger partial charge in [-0.2, -0.15) is 0 Å². The summed E-state index contributed by atoms with van der Waals surface area (Å²) in [6.07, 6.45) is 0.0562. The molecule has 28 heavy (non-hydrogen) atoms. The molecule has 0 saturated carbocycles. The van der Waals surface area contributed by atoms with Gasteiger partial charge in [-0.05, 0) is 42.2 Å². The normalized spacial score (nSPS) is 14.0. The lowest BCUT2D eigenvalue weighted by Gasteiger charge is -2.30. The lowest BCUT2D eigenvalue weighted by molar-refractivity contribution is -0.159. The standard InChI is InChI=1S/C22H24N2O4/c1-15(22(27)24-12-11-18-5-3-4-6-19(18)14-24)28-21(26)13-17-7-9-20(10-8-17)23-16(2)25/h3-10,15H,11-14H2,1-2H3,(H,23,25)/t15-/m0/s1. The molecular formula is C22H24N2O4. The van der Waals surface area contributed by atoms with Crippen LogP contribution in [0.15, 0.2) is 48.5 Å². The fourth-order valence-electron chi connectivity index (χ4n) is 3.31. The van der Waals surface area contributed by atoms with Gasteiger partial charge >= 0.3 is 5.97 Å². The fraction of sp³-hybridized carbons (Fsp3) is 0.318. The van der Waals surface area contributed by atoms with Crippen LogP contribution in [0, 0.1) is 0 Å². The Morgan fingerprint density at radius 3 is 2.43 bits per heavy atom. The third kappa shape index (κ3) is 4.97. The number of rotatable bonds is 5. The minimum Gasteiger partial charge on any atom is -0.452 e. The summed E-state index contributed by atoms with van der Waals surface area (Å²) < 4.78 is 5.35. The highest BCUT2D eigenvalue weighted by Crippen LogP contribution is 2.19. The number of hydrogen-bond donors (Lipinski definition) is 1. The maximum Gasteiger partial charge on any atom is 0.311 e. The maximum absolute atomic E-state index is 12.7. The molecular weight excluding hydrogens is 356 g/mol. The minimum atomic E-state index is -0.823. The molecule has 3 rings (SSSR count). The van der Waals surface area contributed by atoms with Gasteiger partial charge < -0.3 is 15.0 Å². The topological polar surface area (TPSA) is 75.7 Å². The Hall–Kier alpha value is -3.15. The van der Waals surface area contributed by atoms with E-state index in [0.29, 0.717) is 18.8 Å². The zero-order valence-corrected chi connectivity index (χ0v) is 16.1. The van der Waals surface area contributed by atoms with E-state index in [0.717, 1.165) is 17.5 Å². The van der Waals surface area contributed by atoms with Crippen LogP contribution < -0.4 is 5.32 Å². The zero-order valence-electron chi connectivity index (χ0n) is 16.1.